The van der Waals surface area contributed by atoms with Crippen molar-refractivity contribution in [2.24, 2.45) is 5.73 Å². The van der Waals surface area contributed by atoms with Crippen LogP contribution in [0.3, 0.4) is 0 Å². The molecule has 0 unspecified atom stereocenters. The first kappa shape index (κ1) is 14.4. The Kier molecular flexibility index (Phi) is 4.08. The van der Waals surface area contributed by atoms with E-state index in [0.29, 0.717) is 11.4 Å². The molecule has 2 rings (SSSR count). The van der Waals surface area contributed by atoms with Gasteiger partial charge in [0.2, 0.25) is 5.91 Å². The summed E-state index contributed by atoms with van der Waals surface area (Å²) in [7, 11) is 0. The van der Waals surface area contributed by atoms with Crippen LogP contribution in [0, 0.1) is 0 Å². The molecule has 2 amide bonds. The predicted molar refractivity (Wildman–Crippen MR) is 83.4 cm³/mol. The molecule has 2 aromatic carbocycles. The molecule has 0 atom stereocenters. The Morgan fingerprint density at radius 2 is 1.71 bits per heavy atom. The summed E-state index contributed by atoms with van der Waals surface area (Å²) in [5, 5.41) is 5.79. The van der Waals surface area contributed by atoms with Crippen LogP contribution >= 0.6 is 0 Å². The van der Waals surface area contributed by atoms with Gasteiger partial charge in [-0.3, -0.25) is 9.59 Å². The average molecular weight is 284 g/mol. The highest BCUT2D eigenvalue weighted by molar-refractivity contribution is 6.01. The van der Waals surface area contributed by atoms with Gasteiger partial charge in [-0.05, 0) is 30.3 Å². The molecule has 108 valence electrons. The fourth-order valence-electron chi connectivity index (χ4n) is 1.92. The van der Waals surface area contributed by atoms with Gasteiger partial charge in [-0.2, -0.15) is 0 Å². The third-order valence-corrected chi connectivity index (χ3v) is 2.83. The van der Waals surface area contributed by atoms with E-state index in [1.165, 1.54) is 6.92 Å². The SMILES string of the molecule is CC(=O)Nc1cccc(Nc2cccc(C(N)=O)c2N)c1. The van der Waals surface area contributed by atoms with Crippen LogP contribution in [0.2, 0.25) is 0 Å². The molecule has 6 heteroatoms. The minimum absolute atomic E-state index is 0.151. The third-order valence-electron chi connectivity index (χ3n) is 2.83. The van der Waals surface area contributed by atoms with Gasteiger partial charge in [-0.25, -0.2) is 0 Å². The molecule has 6 N–H and O–H groups in total. The Labute approximate surface area is 122 Å². The van der Waals surface area contributed by atoms with E-state index in [0.717, 1.165) is 5.69 Å². The number of nitrogen functional groups attached to an aromatic ring is 1. The second-order valence-electron chi connectivity index (χ2n) is 4.52. The van der Waals surface area contributed by atoms with Gasteiger partial charge in [0.05, 0.1) is 16.9 Å². The zero-order chi connectivity index (χ0) is 15.4. The molecular formula is C15H16N4O2. The molecule has 6 nitrogen and oxygen atoms in total. The Morgan fingerprint density at radius 1 is 1.05 bits per heavy atom. The summed E-state index contributed by atoms with van der Waals surface area (Å²) < 4.78 is 0. The lowest BCUT2D eigenvalue weighted by atomic mass is 10.1. The first-order chi connectivity index (χ1) is 9.97. The molecule has 0 aliphatic heterocycles. The van der Waals surface area contributed by atoms with Gasteiger partial charge in [-0.15, -0.1) is 0 Å². The third kappa shape index (κ3) is 3.50. The Bertz CT molecular complexity index is 698. The van der Waals surface area contributed by atoms with E-state index in [1.807, 2.05) is 6.07 Å². The summed E-state index contributed by atoms with van der Waals surface area (Å²) in [6.45, 7) is 1.44. The van der Waals surface area contributed by atoms with E-state index in [4.69, 9.17) is 11.5 Å². The number of rotatable bonds is 4. The van der Waals surface area contributed by atoms with Crippen LogP contribution in [0.1, 0.15) is 17.3 Å². The minimum atomic E-state index is -0.580. The number of anilines is 4. The molecule has 0 fully saturated rings. The van der Waals surface area contributed by atoms with Crippen molar-refractivity contribution in [3.05, 3.63) is 48.0 Å². The molecule has 21 heavy (non-hydrogen) atoms. The topological polar surface area (TPSA) is 110 Å². The number of carbonyl (C=O) groups is 2. The predicted octanol–water partition coefficient (Wildman–Crippen LogP) is 2.07. The zero-order valence-electron chi connectivity index (χ0n) is 11.5. The van der Waals surface area contributed by atoms with Crippen molar-refractivity contribution >= 4 is 34.6 Å². The van der Waals surface area contributed by atoms with Crippen LogP contribution in [0.5, 0.6) is 0 Å². The van der Waals surface area contributed by atoms with E-state index in [1.54, 1.807) is 36.4 Å². The number of amides is 2. The lowest BCUT2D eigenvalue weighted by molar-refractivity contribution is -0.114. The van der Waals surface area contributed by atoms with E-state index in [2.05, 4.69) is 10.6 Å². The summed E-state index contributed by atoms with van der Waals surface area (Å²) in [4.78, 5) is 22.3. The highest BCUT2D eigenvalue weighted by Gasteiger charge is 2.09. The minimum Gasteiger partial charge on any atom is -0.396 e. The normalized spacial score (nSPS) is 9.95. The fourth-order valence-corrected chi connectivity index (χ4v) is 1.92. The van der Waals surface area contributed by atoms with Crippen LogP contribution in [0.4, 0.5) is 22.7 Å². The van der Waals surface area contributed by atoms with E-state index in [9.17, 15) is 9.59 Å². The Hall–Kier alpha value is -3.02. The molecule has 0 aromatic heterocycles. The number of carbonyl (C=O) groups excluding carboxylic acids is 2. The maximum Gasteiger partial charge on any atom is 0.250 e. The number of nitrogens with two attached hydrogens (primary N) is 2. The Balaban J connectivity index is 2.28. The highest BCUT2D eigenvalue weighted by Crippen LogP contribution is 2.27. The van der Waals surface area contributed by atoms with Crippen molar-refractivity contribution in [3.8, 4) is 0 Å². The molecule has 0 spiro atoms. The molecule has 0 aliphatic carbocycles. The van der Waals surface area contributed by atoms with E-state index in [-0.39, 0.29) is 17.2 Å². The smallest absolute Gasteiger partial charge is 0.250 e. The van der Waals surface area contributed by atoms with Crippen molar-refractivity contribution < 1.29 is 9.59 Å². The summed E-state index contributed by atoms with van der Waals surface area (Å²) in [6, 6.07) is 12.1. The number of benzene rings is 2. The van der Waals surface area contributed by atoms with Crippen molar-refractivity contribution in [2.45, 2.75) is 6.92 Å². The van der Waals surface area contributed by atoms with Crippen LogP contribution in [-0.2, 0) is 4.79 Å². The molecule has 2 aromatic rings. The number of hydrogen-bond donors (Lipinski definition) is 4. The first-order valence-electron chi connectivity index (χ1n) is 6.30. The summed E-state index contributed by atoms with van der Waals surface area (Å²) in [6.07, 6.45) is 0. The van der Waals surface area contributed by atoms with Crippen LogP contribution in [0.25, 0.3) is 0 Å². The second-order valence-corrected chi connectivity index (χ2v) is 4.52. The molecule has 0 saturated heterocycles. The molecule has 0 heterocycles. The van der Waals surface area contributed by atoms with Gasteiger partial charge >= 0.3 is 0 Å². The van der Waals surface area contributed by atoms with Gasteiger partial charge < -0.3 is 22.1 Å². The molecule has 0 saturated carbocycles. The second kappa shape index (κ2) is 5.96. The quantitative estimate of drug-likeness (QED) is 0.644. The number of nitrogens with one attached hydrogen (secondary N) is 2. The number of para-hydroxylation sites is 1. The number of hydrogen-bond acceptors (Lipinski definition) is 4. The van der Waals surface area contributed by atoms with Gasteiger partial charge in [0.25, 0.3) is 5.91 Å². The lowest BCUT2D eigenvalue weighted by Crippen LogP contribution is -2.14. The van der Waals surface area contributed by atoms with Crippen molar-refractivity contribution in [2.75, 3.05) is 16.4 Å². The lowest BCUT2D eigenvalue weighted by Gasteiger charge is -2.12. The molecule has 0 radical (unpaired) electrons. The summed E-state index contributed by atoms with van der Waals surface area (Å²) >= 11 is 0. The average Bonchev–Trinajstić information content (AvgIpc) is 2.40. The Morgan fingerprint density at radius 3 is 2.38 bits per heavy atom. The van der Waals surface area contributed by atoms with Gasteiger partial charge in [0, 0.05) is 18.3 Å². The first-order valence-corrected chi connectivity index (χ1v) is 6.30. The van der Waals surface area contributed by atoms with Crippen LogP contribution in [0.15, 0.2) is 42.5 Å². The van der Waals surface area contributed by atoms with Crippen molar-refractivity contribution in [3.63, 3.8) is 0 Å². The molecular weight excluding hydrogens is 268 g/mol. The number of primary amides is 1. The maximum atomic E-state index is 11.3. The van der Waals surface area contributed by atoms with Crippen molar-refractivity contribution in [1.29, 1.82) is 0 Å². The van der Waals surface area contributed by atoms with Crippen LogP contribution < -0.4 is 22.1 Å². The monoisotopic (exact) mass is 284 g/mol. The van der Waals surface area contributed by atoms with Gasteiger partial charge in [0.15, 0.2) is 0 Å². The standard InChI is InChI=1S/C15H16N4O2/c1-9(20)18-10-4-2-5-11(8-10)19-13-7-3-6-12(14(13)16)15(17)21/h2-8,19H,16H2,1H3,(H2,17,21)(H,18,20). The largest absolute Gasteiger partial charge is 0.396 e. The van der Waals surface area contributed by atoms with Crippen molar-refractivity contribution in [1.82, 2.24) is 0 Å². The van der Waals surface area contributed by atoms with E-state index < -0.39 is 5.91 Å². The van der Waals surface area contributed by atoms with E-state index >= 15 is 0 Å². The summed E-state index contributed by atoms with van der Waals surface area (Å²) in [5.41, 5.74) is 13.7. The fraction of sp³-hybridized carbons (Fsp3) is 0.0667. The van der Waals surface area contributed by atoms with Gasteiger partial charge in [0.1, 0.15) is 0 Å². The van der Waals surface area contributed by atoms with Crippen LogP contribution in [-0.4, -0.2) is 11.8 Å². The summed E-state index contributed by atoms with van der Waals surface area (Å²) in [5.74, 6) is -0.731. The zero-order valence-corrected chi connectivity index (χ0v) is 11.5. The molecule has 0 aliphatic rings. The maximum absolute atomic E-state index is 11.3. The highest BCUT2D eigenvalue weighted by atomic mass is 16.1. The molecule has 0 bridgehead atoms. The van der Waals surface area contributed by atoms with Gasteiger partial charge in [-0.1, -0.05) is 12.1 Å².